The summed E-state index contributed by atoms with van der Waals surface area (Å²) in [7, 11) is -4.18. The van der Waals surface area contributed by atoms with Crippen LogP contribution >= 0.6 is 0 Å². The number of hydrogen-bond acceptors (Lipinski definition) is 8. The van der Waals surface area contributed by atoms with Crippen molar-refractivity contribution in [3.8, 4) is 0 Å². The molecule has 1 aliphatic rings. The summed E-state index contributed by atoms with van der Waals surface area (Å²) in [6, 6.07) is 43.6. The highest BCUT2D eigenvalue weighted by Crippen LogP contribution is 2.35. The summed E-state index contributed by atoms with van der Waals surface area (Å²) in [6.07, 6.45) is -2.06. The third-order valence-corrected chi connectivity index (χ3v) is 9.89. The van der Waals surface area contributed by atoms with Crippen LogP contribution in [0.5, 0.6) is 0 Å². The Morgan fingerprint density at radius 2 is 0.958 bits per heavy atom. The van der Waals surface area contributed by atoms with E-state index in [2.05, 4.69) is 4.98 Å². The maximum absolute atomic E-state index is 14.4. The number of sulfone groups is 1. The summed E-state index contributed by atoms with van der Waals surface area (Å²) < 4.78 is 61.2. The minimum absolute atomic E-state index is 0.0548. The van der Waals surface area contributed by atoms with E-state index in [4.69, 9.17) is 23.7 Å². The van der Waals surface area contributed by atoms with Gasteiger partial charge >= 0.3 is 0 Å². The molecule has 0 bridgehead atoms. The first-order valence-electron chi connectivity index (χ1n) is 16.0. The average molecular weight is 666 g/mol. The van der Waals surface area contributed by atoms with Crippen LogP contribution in [0.25, 0.3) is 0 Å². The predicted molar refractivity (Wildman–Crippen MR) is 181 cm³/mol. The SMILES string of the molecule is O=S(=O)(c1ccccn1)[C@@H]1O[C@H](COCc2ccccc2)[C@@H](OCc2ccccc2)[C@H](OCc2ccccc2)[C@@H]1OCc1ccccc1. The van der Waals surface area contributed by atoms with Gasteiger partial charge < -0.3 is 23.7 Å². The number of pyridine rings is 1. The van der Waals surface area contributed by atoms with E-state index in [-0.39, 0.29) is 31.5 Å². The third-order valence-electron chi connectivity index (χ3n) is 8.08. The van der Waals surface area contributed by atoms with Gasteiger partial charge in [-0.05, 0) is 34.4 Å². The van der Waals surface area contributed by atoms with Gasteiger partial charge in [-0.2, -0.15) is 0 Å². The molecule has 8 nitrogen and oxygen atoms in total. The Morgan fingerprint density at radius 1 is 0.521 bits per heavy atom. The van der Waals surface area contributed by atoms with Crippen molar-refractivity contribution in [2.75, 3.05) is 6.61 Å². The summed E-state index contributed by atoms with van der Waals surface area (Å²) in [4.78, 5) is 4.19. The van der Waals surface area contributed by atoms with Gasteiger partial charge in [0.15, 0.2) is 10.5 Å². The van der Waals surface area contributed by atoms with Crippen molar-refractivity contribution < 1.29 is 32.1 Å². The van der Waals surface area contributed by atoms with Gasteiger partial charge in [0.2, 0.25) is 9.84 Å². The molecule has 0 saturated carbocycles. The Bertz CT molecular complexity index is 1760. The summed E-state index contributed by atoms with van der Waals surface area (Å²) >= 11 is 0. The summed E-state index contributed by atoms with van der Waals surface area (Å²) in [6.45, 7) is 0.954. The minimum Gasteiger partial charge on any atom is -0.374 e. The van der Waals surface area contributed by atoms with Gasteiger partial charge in [-0.3, -0.25) is 0 Å². The molecule has 248 valence electrons. The van der Waals surface area contributed by atoms with Crippen molar-refractivity contribution in [1.29, 1.82) is 0 Å². The standard InChI is InChI=1S/C39H39NO7S/c41-48(42,35-23-13-14-24-40-35)39-38(46-28-33-21-11-4-12-22-33)37(45-27-32-19-9-3-10-20-32)36(44-26-31-17-7-2-8-18-31)34(47-39)29-43-25-30-15-5-1-6-16-30/h1-24,34,36-39H,25-29H2/t34-,36-,37+,38+,39+/m1/s1. The summed E-state index contributed by atoms with van der Waals surface area (Å²) in [5.74, 6) is 0. The molecule has 4 aromatic carbocycles. The van der Waals surface area contributed by atoms with Gasteiger partial charge in [0.1, 0.15) is 24.4 Å². The Hall–Kier alpha value is -4.22. The Kier molecular flexibility index (Phi) is 11.7. The highest BCUT2D eigenvalue weighted by molar-refractivity contribution is 7.91. The predicted octanol–water partition coefficient (Wildman–Crippen LogP) is 6.55. The zero-order chi connectivity index (χ0) is 33.0. The molecular formula is C39H39NO7S. The number of benzene rings is 4. The van der Waals surface area contributed by atoms with Crippen LogP contribution in [0, 0.1) is 0 Å². The molecule has 0 aliphatic carbocycles. The molecule has 0 amide bonds. The van der Waals surface area contributed by atoms with Crippen molar-refractivity contribution in [2.45, 2.75) is 61.3 Å². The molecule has 0 N–H and O–H groups in total. The molecule has 2 heterocycles. The lowest BCUT2D eigenvalue weighted by Gasteiger charge is -2.45. The van der Waals surface area contributed by atoms with E-state index in [9.17, 15) is 8.42 Å². The largest absolute Gasteiger partial charge is 0.374 e. The second kappa shape index (κ2) is 16.7. The molecule has 48 heavy (non-hydrogen) atoms. The Labute approximate surface area is 282 Å². The number of ether oxygens (including phenoxy) is 5. The molecule has 0 radical (unpaired) electrons. The van der Waals surface area contributed by atoms with Crippen LogP contribution in [0.2, 0.25) is 0 Å². The van der Waals surface area contributed by atoms with Gasteiger partial charge in [0.05, 0.1) is 33.0 Å². The molecule has 0 unspecified atom stereocenters. The number of aromatic nitrogens is 1. The molecule has 5 aromatic rings. The smallest absolute Gasteiger partial charge is 0.225 e. The van der Waals surface area contributed by atoms with Crippen LogP contribution < -0.4 is 0 Å². The number of rotatable bonds is 15. The lowest BCUT2D eigenvalue weighted by atomic mass is 9.98. The summed E-state index contributed by atoms with van der Waals surface area (Å²) in [5, 5.41) is -0.113. The Balaban J connectivity index is 1.37. The van der Waals surface area contributed by atoms with E-state index in [0.29, 0.717) is 6.61 Å². The highest BCUT2D eigenvalue weighted by atomic mass is 32.2. The van der Waals surface area contributed by atoms with E-state index < -0.39 is 39.7 Å². The van der Waals surface area contributed by atoms with Gasteiger partial charge in [-0.25, -0.2) is 13.4 Å². The molecule has 1 fully saturated rings. The molecule has 1 aromatic heterocycles. The van der Waals surface area contributed by atoms with Crippen LogP contribution in [-0.4, -0.2) is 49.9 Å². The molecule has 5 atom stereocenters. The normalized spacial score (nSPS) is 21.1. The zero-order valence-corrected chi connectivity index (χ0v) is 27.3. The molecule has 1 saturated heterocycles. The maximum Gasteiger partial charge on any atom is 0.225 e. The highest BCUT2D eigenvalue weighted by Gasteiger charge is 2.53. The van der Waals surface area contributed by atoms with Gasteiger partial charge in [0, 0.05) is 6.20 Å². The quantitative estimate of drug-likeness (QED) is 0.124. The van der Waals surface area contributed by atoms with Crippen molar-refractivity contribution in [3.63, 3.8) is 0 Å². The van der Waals surface area contributed by atoms with E-state index >= 15 is 0 Å². The number of nitrogens with zero attached hydrogens (tertiary/aromatic N) is 1. The average Bonchev–Trinajstić information content (AvgIpc) is 3.14. The van der Waals surface area contributed by atoms with Gasteiger partial charge in [0.25, 0.3) is 0 Å². The first kappa shape index (κ1) is 33.7. The first-order chi connectivity index (χ1) is 23.6. The topological polar surface area (TPSA) is 93.2 Å². The lowest BCUT2D eigenvalue weighted by Crippen LogP contribution is -2.63. The first-order valence-corrected chi connectivity index (χ1v) is 17.5. The van der Waals surface area contributed by atoms with Crippen LogP contribution in [0.15, 0.2) is 151 Å². The fraction of sp³-hybridized carbons (Fsp3) is 0.256. The van der Waals surface area contributed by atoms with Crippen molar-refractivity contribution >= 4 is 9.84 Å². The second-order valence-corrected chi connectivity index (χ2v) is 13.5. The maximum atomic E-state index is 14.4. The minimum atomic E-state index is -4.18. The fourth-order valence-corrected chi connectivity index (χ4v) is 7.22. The van der Waals surface area contributed by atoms with Crippen LogP contribution in [0.4, 0.5) is 0 Å². The van der Waals surface area contributed by atoms with Gasteiger partial charge in [-0.15, -0.1) is 0 Å². The summed E-state index contributed by atoms with van der Waals surface area (Å²) in [5.41, 5.74) is 2.28. The zero-order valence-electron chi connectivity index (χ0n) is 26.5. The monoisotopic (exact) mass is 665 g/mol. The van der Waals surface area contributed by atoms with Crippen molar-refractivity contribution in [3.05, 3.63) is 168 Å². The van der Waals surface area contributed by atoms with Crippen LogP contribution in [0.1, 0.15) is 22.3 Å². The van der Waals surface area contributed by atoms with Gasteiger partial charge in [-0.1, -0.05) is 127 Å². The molecular weight excluding hydrogens is 626 g/mol. The van der Waals surface area contributed by atoms with E-state index in [0.717, 1.165) is 22.3 Å². The molecule has 1 aliphatic heterocycles. The molecule has 0 spiro atoms. The fourth-order valence-electron chi connectivity index (χ4n) is 5.63. The van der Waals surface area contributed by atoms with Crippen LogP contribution in [0.3, 0.4) is 0 Å². The second-order valence-electron chi connectivity index (χ2n) is 11.5. The van der Waals surface area contributed by atoms with Crippen molar-refractivity contribution in [2.24, 2.45) is 0 Å². The number of hydrogen-bond donors (Lipinski definition) is 0. The lowest BCUT2D eigenvalue weighted by molar-refractivity contribution is -0.256. The van der Waals surface area contributed by atoms with Crippen molar-refractivity contribution in [1.82, 2.24) is 4.98 Å². The molecule has 9 heteroatoms. The Morgan fingerprint density at radius 3 is 1.44 bits per heavy atom. The third kappa shape index (κ3) is 8.82. The van der Waals surface area contributed by atoms with E-state index in [1.807, 2.05) is 121 Å². The van der Waals surface area contributed by atoms with E-state index in [1.54, 1.807) is 12.1 Å². The van der Waals surface area contributed by atoms with E-state index in [1.165, 1.54) is 12.3 Å². The van der Waals surface area contributed by atoms with Crippen LogP contribution in [-0.2, 0) is 59.9 Å². The molecule has 6 rings (SSSR count).